The summed E-state index contributed by atoms with van der Waals surface area (Å²) in [5.74, 6) is 0. The Labute approximate surface area is 150 Å². The molecular formula is C19H30N3OS+. The highest BCUT2D eigenvalue weighted by Crippen LogP contribution is 2.23. The van der Waals surface area contributed by atoms with Gasteiger partial charge in [0.15, 0.2) is 5.11 Å². The standard InChI is InChI=1S/C19H29N3OS/c1-23-11-5-10-20-19(24)21-16-12-17-8-9-18(13-16)22(17)14-15-6-3-2-4-7-15/h2-4,6-7,16-18H,5,8-14H2,1H3,(H2,20,21,24)/p+1/t16?,17-,18+. The minimum Gasteiger partial charge on any atom is -0.385 e. The van der Waals surface area contributed by atoms with Crippen molar-refractivity contribution < 1.29 is 9.64 Å². The van der Waals surface area contributed by atoms with Gasteiger partial charge in [-0.05, 0) is 18.6 Å². The van der Waals surface area contributed by atoms with Crippen LogP contribution in [0.15, 0.2) is 30.3 Å². The predicted molar refractivity (Wildman–Crippen MR) is 101 cm³/mol. The summed E-state index contributed by atoms with van der Waals surface area (Å²) in [6, 6.07) is 13.0. The van der Waals surface area contributed by atoms with E-state index in [4.69, 9.17) is 17.0 Å². The molecule has 2 aliphatic rings. The van der Waals surface area contributed by atoms with E-state index in [9.17, 15) is 0 Å². The molecule has 1 aromatic carbocycles. The Bertz CT molecular complexity index is 511. The first-order valence-corrected chi connectivity index (χ1v) is 9.60. The lowest BCUT2D eigenvalue weighted by Gasteiger charge is -2.36. The van der Waals surface area contributed by atoms with Gasteiger partial charge in [-0.1, -0.05) is 30.3 Å². The number of hydrogen-bond donors (Lipinski definition) is 3. The van der Waals surface area contributed by atoms with Crippen LogP contribution in [0.2, 0.25) is 0 Å². The number of methoxy groups -OCH3 is 1. The van der Waals surface area contributed by atoms with Gasteiger partial charge in [-0.25, -0.2) is 0 Å². The lowest BCUT2D eigenvalue weighted by Crippen LogP contribution is -3.17. The summed E-state index contributed by atoms with van der Waals surface area (Å²) in [6.07, 6.45) is 6.18. The van der Waals surface area contributed by atoms with Gasteiger partial charge in [-0.2, -0.15) is 0 Å². The van der Waals surface area contributed by atoms with Crippen LogP contribution < -0.4 is 15.5 Å². The lowest BCUT2D eigenvalue weighted by atomic mass is 9.96. The number of thiocarbonyl (C=S) groups is 1. The number of nitrogens with one attached hydrogen (secondary N) is 3. The van der Waals surface area contributed by atoms with Crippen LogP contribution in [0.25, 0.3) is 0 Å². The van der Waals surface area contributed by atoms with Crippen LogP contribution in [0.4, 0.5) is 0 Å². The summed E-state index contributed by atoms with van der Waals surface area (Å²) in [5, 5.41) is 7.65. The molecule has 132 valence electrons. The molecule has 0 saturated carbocycles. The summed E-state index contributed by atoms with van der Waals surface area (Å²) >= 11 is 5.45. The molecule has 0 amide bonds. The monoisotopic (exact) mass is 348 g/mol. The fourth-order valence-electron chi connectivity index (χ4n) is 4.32. The van der Waals surface area contributed by atoms with Crippen LogP contribution in [0, 0.1) is 0 Å². The average molecular weight is 349 g/mol. The summed E-state index contributed by atoms with van der Waals surface area (Å²) in [5.41, 5.74) is 1.46. The average Bonchev–Trinajstić information content (AvgIpc) is 2.82. The molecule has 0 radical (unpaired) electrons. The SMILES string of the molecule is COCCCNC(=S)NC1C[C@H]2CC[C@@H](C1)[NH+]2Cc1ccccc1. The van der Waals surface area contributed by atoms with Gasteiger partial charge in [0.1, 0.15) is 6.54 Å². The second-order valence-electron chi connectivity index (χ2n) is 7.12. The molecule has 1 aromatic rings. The maximum absolute atomic E-state index is 5.45. The van der Waals surface area contributed by atoms with E-state index in [1.807, 2.05) is 0 Å². The van der Waals surface area contributed by atoms with Crippen LogP contribution >= 0.6 is 12.2 Å². The second kappa shape index (κ2) is 8.79. The third-order valence-electron chi connectivity index (χ3n) is 5.45. The van der Waals surface area contributed by atoms with Crippen molar-refractivity contribution in [2.75, 3.05) is 20.3 Å². The third-order valence-corrected chi connectivity index (χ3v) is 5.71. The van der Waals surface area contributed by atoms with Crippen LogP contribution in [0.5, 0.6) is 0 Å². The molecule has 4 atom stereocenters. The molecule has 0 aliphatic carbocycles. The van der Waals surface area contributed by atoms with Crippen molar-refractivity contribution in [2.24, 2.45) is 0 Å². The van der Waals surface area contributed by atoms with Crippen molar-refractivity contribution in [3.63, 3.8) is 0 Å². The Hall–Kier alpha value is -1.17. The zero-order valence-electron chi connectivity index (χ0n) is 14.6. The van der Waals surface area contributed by atoms with E-state index in [1.165, 1.54) is 37.8 Å². The molecule has 3 N–H and O–H groups in total. The highest BCUT2D eigenvalue weighted by atomic mass is 32.1. The van der Waals surface area contributed by atoms with Gasteiger partial charge in [0, 0.05) is 57.6 Å². The number of ether oxygens (including phenoxy) is 1. The highest BCUT2D eigenvalue weighted by Gasteiger charge is 2.44. The molecule has 2 heterocycles. The fraction of sp³-hybridized carbons (Fsp3) is 0.632. The van der Waals surface area contributed by atoms with E-state index < -0.39 is 0 Å². The molecule has 2 aliphatic heterocycles. The minimum atomic E-state index is 0.532. The normalized spacial score (nSPS) is 28.5. The molecular weight excluding hydrogens is 318 g/mol. The zero-order valence-corrected chi connectivity index (χ0v) is 15.4. The summed E-state index contributed by atoms with van der Waals surface area (Å²) in [7, 11) is 1.73. The highest BCUT2D eigenvalue weighted by molar-refractivity contribution is 7.80. The van der Waals surface area contributed by atoms with E-state index in [-0.39, 0.29) is 0 Å². The van der Waals surface area contributed by atoms with Crippen molar-refractivity contribution in [3.05, 3.63) is 35.9 Å². The van der Waals surface area contributed by atoms with Gasteiger partial charge in [-0.3, -0.25) is 0 Å². The van der Waals surface area contributed by atoms with Crippen LogP contribution in [-0.4, -0.2) is 43.5 Å². The first kappa shape index (κ1) is 17.6. The first-order valence-electron chi connectivity index (χ1n) is 9.19. The van der Waals surface area contributed by atoms with Crippen LogP contribution in [0.3, 0.4) is 0 Å². The molecule has 0 aromatic heterocycles. The number of hydrogen-bond acceptors (Lipinski definition) is 2. The smallest absolute Gasteiger partial charge is 0.166 e. The van der Waals surface area contributed by atoms with E-state index in [0.29, 0.717) is 6.04 Å². The van der Waals surface area contributed by atoms with Crippen molar-refractivity contribution in [3.8, 4) is 0 Å². The Balaban J connectivity index is 1.45. The zero-order chi connectivity index (χ0) is 16.8. The van der Waals surface area contributed by atoms with Crippen LogP contribution in [0.1, 0.15) is 37.7 Å². The van der Waals surface area contributed by atoms with Crippen molar-refractivity contribution in [1.29, 1.82) is 0 Å². The van der Waals surface area contributed by atoms with E-state index in [0.717, 1.165) is 36.8 Å². The molecule has 3 rings (SSSR count). The third kappa shape index (κ3) is 4.68. The topological polar surface area (TPSA) is 37.7 Å². The molecule has 4 nitrogen and oxygen atoms in total. The largest absolute Gasteiger partial charge is 0.385 e. The molecule has 5 heteroatoms. The Morgan fingerprint density at radius 3 is 2.58 bits per heavy atom. The maximum atomic E-state index is 5.45. The number of benzene rings is 1. The molecule has 2 saturated heterocycles. The van der Waals surface area contributed by atoms with Crippen molar-refractivity contribution >= 4 is 17.3 Å². The van der Waals surface area contributed by atoms with Gasteiger partial charge in [0.05, 0.1) is 12.1 Å². The van der Waals surface area contributed by atoms with Gasteiger partial charge in [0.2, 0.25) is 0 Å². The maximum Gasteiger partial charge on any atom is 0.166 e. The van der Waals surface area contributed by atoms with Gasteiger partial charge < -0.3 is 20.3 Å². The molecule has 0 spiro atoms. The lowest BCUT2D eigenvalue weighted by molar-refractivity contribution is -0.954. The minimum absolute atomic E-state index is 0.532. The Kier molecular flexibility index (Phi) is 6.46. The van der Waals surface area contributed by atoms with E-state index >= 15 is 0 Å². The quantitative estimate of drug-likeness (QED) is 0.512. The Morgan fingerprint density at radius 2 is 1.92 bits per heavy atom. The molecule has 24 heavy (non-hydrogen) atoms. The summed E-state index contributed by atoms with van der Waals surface area (Å²) < 4.78 is 5.06. The number of fused-ring (bicyclic) bond motifs is 2. The molecule has 2 bridgehead atoms. The fourth-order valence-corrected chi connectivity index (χ4v) is 4.59. The van der Waals surface area contributed by atoms with Gasteiger partial charge >= 0.3 is 0 Å². The first-order chi connectivity index (χ1) is 11.8. The Morgan fingerprint density at radius 1 is 1.21 bits per heavy atom. The number of piperidine rings is 1. The van der Waals surface area contributed by atoms with Crippen molar-refractivity contribution in [1.82, 2.24) is 10.6 Å². The molecule has 2 fully saturated rings. The summed E-state index contributed by atoms with van der Waals surface area (Å²) in [6.45, 7) is 2.83. The van der Waals surface area contributed by atoms with E-state index in [1.54, 1.807) is 12.0 Å². The van der Waals surface area contributed by atoms with E-state index in [2.05, 4.69) is 41.0 Å². The van der Waals surface area contributed by atoms with Gasteiger partial charge in [0.25, 0.3) is 0 Å². The van der Waals surface area contributed by atoms with Crippen LogP contribution in [-0.2, 0) is 11.3 Å². The number of rotatable bonds is 7. The number of quaternary nitrogens is 1. The van der Waals surface area contributed by atoms with Gasteiger partial charge in [-0.15, -0.1) is 0 Å². The van der Waals surface area contributed by atoms with Crippen molar-refractivity contribution in [2.45, 2.75) is 56.8 Å². The summed E-state index contributed by atoms with van der Waals surface area (Å²) in [4.78, 5) is 1.79. The molecule has 2 unspecified atom stereocenters. The predicted octanol–water partition coefficient (Wildman–Crippen LogP) is 1.27. The second-order valence-corrected chi connectivity index (χ2v) is 7.53.